The van der Waals surface area contributed by atoms with Gasteiger partial charge in [0.05, 0.1) is 13.7 Å². The zero-order chi connectivity index (χ0) is 19.2. The van der Waals surface area contributed by atoms with Gasteiger partial charge in [-0.05, 0) is 48.0 Å². The van der Waals surface area contributed by atoms with Gasteiger partial charge in [-0.25, -0.2) is 0 Å². The fourth-order valence-corrected chi connectivity index (χ4v) is 2.68. The van der Waals surface area contributed by atoms with Crippen molar-refractivity contribution in [3.63, 3.8) is 0 Å². The van der Waals surface area contributed by atoms with Crippen molar-refractivity contribution < 1.29 is 9.26 Å². The first-order valence-electron chi connectivity index (χ1n) is 8.67. The molecular formula is C20H22N4O2S. The first-order chi connectivity index (χ1) is 13.0. The van der Waals surface area contributed by atoms with E-state index in [0.717, 1.165) is 17.0 Å². The maximum Gasteiger partial charge on any atom is 0.246 e. The second kappa shape index (κ2) is 8.64. The fourth-order valence-electron chi connectivity index (χ4n) is 2.49. The van der Waals surface area contributed by atoms with Gasteiger partial charge in [0.2, 0.25) is 11.7 Å². The zero-order valence-electron chi connectivity index (χ0n) is 15.5. The highest BCUT2D eigenvalue weighted by atomic mass is 32.1. The lowest BCUT2D eigenvalue weighted by molar-refractivity contribution is 0.376. The predicted octanol–water partition coefficient (Wildman–Crippen LogP) is 4.36. The second-order valence-electron chi connectivity index (χ2n) is 6.33. The maximum absolute atomic E-state index is 5.32. The lowest BCUT2D eigenvalue weighted by Gasteiger charge is -2.10. The van der Waals surface area contributed by atoms with Crippen LogP contribution in [0.25, 0.3) is 11.4 Å². The van der Waals surface area contributed by atoms with Crippen LogP contribution in [0.15, 0.2) is 53.1 Å². The molecule has 0 fully saturated rings. The van der Waals surface area contributed by atoms with Crippen molar-refractivity contribution in [1.82, 2.24) is 15.5 Å². The monoisotopic (exact) mass is 382 g/mol. The molecule has 0 bridgehead atoms. The molecule has 0 aliphatic rings. The Bertz CT molecular complexity index is 906. The summed E-state index contributed by atoms with van der Waals surface area (Å²) in [5.41, 5.74) is 3.05. The van der Waals surface area contributed by atoms with Crippen LogP contribution in [0.5, 0.6) is 5.75 Å². The quantitative estimate of drug-likeness (QED) is 0.614. The van der Waals surface area contributed by atoms with Crippen molar-refractivity contribution in [3.8, 4) is 17.1 Å². The normalized spacial score (nSPS) is 10.7. The van der Waals surface area contributed by atoms with E-state index in [2.05, 4.69) is 46.8 Å². The molecule has 0 aliphatic heterocycles. The Morgan fingerprint density at radius 2 is 1.96 bits per heavy atom. The summed E-state index contributed by atoms with van der Waals surface area (Å²) in [5.74, 6) is 2.20. The molecule has 0 atom stereocenters. The molecule has 2 aromatic carbocycles. The van der Waals surface area contributed by atoms with Gasteiger partial charge in [-0.3, -0.25) is 0 Å². The Hall–Kier alpha value is -2.93. The largest absolute Gasteiger partial charge is 0.497 e. The maximum atomic E-state index is 5.32. The number of rotatable bonds is 6. The number of nitrogens with zero attached hydrogens (tertiary/aromatic N) is 2. The van der Waals surface area contributed by atoms with E-state index in [9.17, 15) is 0 Å². The van der Waals surface area contributed by atoms with Crippen LogP contribution in [0.4, 0.5) is 5.69 Å². The molecule has 2 N–H and O–H groups in total. The van der Waals surface area contributed by atoms with Crippen molar-refractivity contribution in [2.24, 2.45) is 0 Å². The van der Waals surface area contributed by atoms with E-state index in [1.807, 2.05) is 36.4 Å². The smallest absolute Gasteiger partial charge is 0.246 e. The number of benzene rings is 2. The van der Waals surface area contributed by atoms with Gasteiger partial charge in [0.1, 0.15) is 5.75 Å². The van der Waals surface area contributed by atoms with Gasteiger partial charge in [0.15, 0.2) is 5.11 Å². The molecule has 140 valence electrons. The molecule has 0 radical (unpaired) electrons. The van der Waals surface area contributed by atoms with Crippen molar-refractivity contribution in [2.45, 2.75) is 26.3 Å². The molecule has 0 saturated heterocycles. The molecule has 0 unspecified atom stereocenters. The summed E-state index contributed by atoms with van der Waals surface area (Å²) in [7, 11) is 1.62. The Morgan fingerprint density at radius 3 is 2.67 bits per heavy atom. The summed E-state index contributed by atoms with van der Waals surface area (Å²) < 4.78 is 10.5. The van der Waals surface area contributed by atoms with Crippen LogP contribution < -0.4 is 15.4 Å². The number of nitrogens with one attached hydrogen (secondary N) is 2. The van der Waals surface area contributed by atoms with Crippen LogP contribution >= 0.6 is 12.2 Å². The van der Waals surface area contributed by atoms with Crippen LogP contribution in [-0.2, 0) is 6.54 Å². The highest BCUT2D eigenvalue weighted by molar-refractivity contribution is 7.80. The summed E-state index contributed by atoms with van der Waals surface area (Å²) in [4.78, 5) is 4.38. The lowest BCUT2D eigenvalue weighted by atomic mass is 10.0. The first kappa shape index (κ1) is 18.8. The average molecular weight is 382 g/mol. The van der Waals surface area contributed by atoms with Crippen molar-refractivity contribution in [3.05, 3.63) is 60.0 Å². The van der Waals surface area contributed by atoms with Crippen LogP contribution in [0.3, 0.4) is 0 Å². The van der Waals surface area contributed by atoms with E-state index in [1.165, 1.54) is 5.56 Å². The molecule has 27 heavy (non-hydrogen) atoms. The van der Waals surface area contributed by atoms with Gasteiger partial charge in [-0.1, -0.05) is 43.3 Å². The minimum atomic E-state index is 0.340. The summed E-state index contributed by atoms with van der Waals surface area (Å²) in [5, 5.41) is 10.7. The third kappa shape index (κ3) is 5.04. The first-order valence-corrected chi connectivity index (χ1v) is 9.08. The molecule has 7 heteroatoms. The summed E-state index contributed by atoms with van der Waals surface area (Å²) >= 11 is 5.32. The van der Waals surface area contributed by atoms with Gasteiger partial charge in [0.25, 0.3) is 0 Å². The molecule has 0 amide bonds. The number of methoxy groups -OCH3 is 1. The third-order valence-electron chi connectivity index (χ3n) is 4.03. The number of hydrogen-bond acceptors (Lipinski definition) is 5. The molecule has 0 aliphatic carbocycles. The van der Waals surface area contributed by atoms with Crippen molar-refractivity contribution >= 4 is 23.0 Å². The molecular weight excluding hydrogens is 360 g/mol. The van der Waals surface area contributed by atoms with Gasteiger partial charge < -0.3 is 19.9 Å². The topological polar surface area (TPSA) is 72.2 Å². The van der Waals surface area contributed by atoms with Crippen molar-refractivity contribution in [2.75, 3.05) is 12.4 Å². The highest BCUT2D eigenvalue weighted by Gasteiger charge is 2.10. The van der Waals surface area contributed by atoms with Crippen molar-refractivity contribution in [1.29, 1.82) is 0 Å². The predicted molar refractivity (Wildman–Crippen MR) is 110 cm³/mol. The standard InChI is InChI=1S/C20H22N4O2S/c1-13(2)14-7-9-16(10-8-14)22-20(27)21-12-18-23-19(24-26-18)15-5-4-6-17(11-15)25-3/h4-11,13H,12H2,1-3H3,(H2,21,22,27). The Labute approximate surface area is 163 Å². The summed E-state index contributed by atoms with van der Waals surface area (Å²) in [6, 6.07) is 15.7. The summed E-state index contributed by atoms with van der Waals surface area (Å²) in [6.07, 6.45) is 0. The molecule has 1 heterocycles. The molecule has 0 saturated carbocycles. The number of ether oxygens (including phenoxy) is 1. The van der Waals surface area contributed by atoms with E-state index in [0.29, 0.717) is 29.3 Å². The number of hydrogen-bond donors (Lipinski definition) is 2. The minimum Gasteiger partial charge on any atom is -0.497 e. The highest BCUT2D eigenvalue weighted by Crippen LogP contribution is 2.21. The van der Waals surface area contributed by atoms with E-state index in [1.54, 1.807) is 7.11 Å². The van der Waals surface area contributed by atoms with E-state index < -0.39 is 0 Å². The number of aromatic nitrogens is 2. The summed E-state index contributed by atoms with van der Waals surface area (Å²) in [6.45, 7) is 4.67. The van der Waals surface area contributed by atoms with Gasteiger partial charge in [-0.15, -0.1) is 0 Å². The number of anilines is 1. The average Bonchev–Trinajstić information content (AvgIpc) is 3.16. The number of thiocarbonyl (C=S) groups is 1. The van der Waals surface area contributed by atoms with Crippen LogP contribution in [-0.4, -0.2) is 22.4 Å². The van der Waals surface area contributed by atoms with Crippen LogP contribution in [0, 0.1) is 0 Å². The molecule has 3 aromatic rings. The lowest BCUT2D eigenvalue weighted by Crippen LogP contribution is -2.28. The van der Waals surface area contributed by atoms with Gasteiger partial charge >= 0.3 is 0 Å². The minimum absolute atomic E-state index is 0.340. The Balaban J connectivity index is 1.55. The van der Waals surface area contributed by atoms with Gasteiger partial charge in [0, 0.05) is 11.3 Å². The third-order valence-corrected chi connectivity index (χ3v) is 4.28. The van der Waals surface area contributed by atoms with E-state index >= 15 is 0 Å². The Morgan fingerprint density at radius 1 is 1.19 bits per heavy atom. The molecule has 3 rings (SSSR count). The Kier molecular flexibility index (Phi) is 6.03. The van der Waals surface area contributed by atoms with Gasteiger partial charge in [-0.2, -0.15) is 4.98 Å². The van der Waals surface area contributed by atoms with E-state index in [-0.39, 0.29) is 0 Å². The molecule has 1 aromatic heterocycles. The van der Waals surface area contributed by atoms with E-state index in [4.69, 9.17) is 21.5 Å². The SMILES string of the molecule is COc1cccc(-c2noc(CNC(=S)Nc3ccc(C(C)C)cc3)n2)c1. The molecule has 0 spiro atoms. The van der Waals surface area contributed by atoms with Crippen LogP contribution in [0.1, 0.15) is 31.2 Å². The second-order valence-corrected chi connectivity index (χ2v) is 6.74. The zero-order valence-corrected chi connectivity index (χ0v) is 16.3. The molecule has 6 nitrogen and oxygen atoms in total. The fraction of sp³-hybridized carbons (Fsp3) is 0.250. The van der Waals surface area contributed by atoms with Crippen LogP contribution in [0.2, 0.25) is 0 Å².